The molecule has 2 aromatic rings. The Morgan fingerprint density at radius 2 is 1.94 bits per heavy atom. The monoisotopic (exact) mass is 241 g/mol. The summed E-state index contributed by atoms with van der Waals surface area (Å²) in [6.45, 7) is 0. The third kappa shape index (κ3) is 3.71. The maximum Gasteiger partial charge on any atom is 0.437 e. The Kier molecular flexibility index (Phi) is 4.02. The molecular weight excluding hydrogens is 230 g/mol. The first-order chi connectivity index (χ1) is 8.84. The minimum absolute atomic E-state index is 0.616. The standard InChI is InChI=1S/C13H11N3O2/c17-13(16-11-6-2-1-3-7-11)18-15-10-12-8-4-5-9-14-12/h1-10H,(H,16,17)/b15-10+. The Morgan fingerprint density at radius 1 is 1.17 bits per heavy atom. The predicted molar refractivity (Wildman–Crippen MR) is 68.4 cm³/mol. The van der Waals surface area contributed by atoms with Crippen LogP contribution in [0.2, 0.25) is 0 Å². The van der Waals surface area contributed by atoms with E-state index >= 15 is 0 Å². The number of anilines is 1. The molecule has 5 nitrogen and oxygen atoms in total. The zero-order valence-electron chi connectivity index (χ0n) is 9.48. The highest BCUT2D eigenvalue weighted by atomic mass is 16.7. The van der Waals surface area contributed by atoms with E-state index in [4.69, 9.17) is 0 Å². The first kappa shape index (κ1) is 11.8. The highest BCUT2D eigenvalue weighted by molar-refractivity contribution is 5.85. The molecule has 0 saturated carbocycles. The van der Waals surface area contributed by atoms with Crippen molar-refractivity contribution in [2.75, 3.05) is 5.32 Å². The summed E-state index contributed by atoms with van der Waals surface area (Å²) in [6.07, 6.45) is 2.35. The van der Waals surface area contributed by atoms with Gasteiger partial charge in [0.05, 0.1) is 11.9 Å². The van der Waals surface area contributed by atoms with Crippen LogP contribution in [0.25, 0.3) is 0 Å². The molecule has 0 unspecified atom stereocenters. The number of benzene rings is 1. The van der Waals surface area contributed by atoms with Gasteiger partial charge < -0.3 is 0 Å². The van der Waals surface area contributed by atoms with E-state index in [1.54, 1.807) is 30.5 Å². The SMILES string of the molecule is O=C(Nc1ccccc1)O/N=C/c1ccccn1. The molecule has 18 heavy (non-hydrogen) atoms. The quantitative estimate of drug-likeness (QED) is 0.510. The van der Waals surface area contributed by atoms with Crippen LogP contribution in [-0.2, 0) is 4.84 Å². The zero-order valence-corrected chi connectivity index (χ0v) is 9.48. The molecule has 5 heteroatoms. The van der Waals surface area contributed by atoms with Crippen molar-refractivity contribution in [3.63, 3.8) is 0 Å². The van der Waals surface area contributed by atoms with Gasteiger partial charge in [-0.3, -0.25) is 15.1 Å². The van der Waals surface area contributed by atoms with Crippen LogP contribution in [0.4, 0.5) is 10.5 Å². The normalized spacial score (nSPS) is 10.2. The van der Waals surface area contributed by atoms with Crippen molar-refractivity contribution in [3.05, 3.63) is 60.4 Å². The fourth-order valence-electron chi connectivity index (χ4n) is 1.24. The van der Waals surface area contributed by atoms with Crippen LogP contribution in [-0.4, -0.2) is 17.3 Å². The maximum absolute atomic E-state index is 11.3. The minimum Gasteiger partial charge on any atom is -0.298 e. The smallest absolute Gasteiger partial charge is 0.298 e. The van der Waals surface area contributed by atoms with Gasteiger partial charge in [-0.05, 0) is 24.3 Å². The lowest BCUT2D eigenvalue weighted by Gasteiger charge is -2.01. The first-order valence-corrected chi connectivity index (χ1v) is 5.32. The minimum atomic E-state index is -0.645. The van der Waals surface area contributed by atoms with E-state index in [1.807, 2.05) is 24.3 Å². The average molecular weight is 241 g/mol. The van der Waals surface area contributed by atoms with Gasteiger partial charge in [0, 0.05) is 11.9 Å². The summed E-state index contributed by atoms with van der Waals surface area (Å²) in [6, 6.07) is 14.4. The van der Waals surface area contributed by atoms with Crippen LogP contribution in [0.3, 0.4) is 0 Å². The number of para-hydroxylation sites is 1. The van der Waals surface area contributed by atoms with E-state index in [-0.39, 0.29) is 0 Å². The molecule has 90 valence electrons. The summed E-state index contributed by atoms with van der Waals surface area (Å²) in [5.41, 5.74) is 1.26. The maximum atomic E-state index is 11.3. The second-order valence-corrected chi connectivity index (χ2v) is 3.36. The van der Waals surface area contributed by atoms with Gasteiger partial charge in [0.1, 0.15) is 0 Å². The van der Waals surface area contributed by atoms with Crippen LogP contribution >= 0.6 is 0 Å². The molecule has 0 aliphatic heterocycles. The molecule has 0 fully saturated rings. The molecular formula is C13H11N3O2. The number of oxime groups is 1. The van der Waals surface area contributed by atoms with Gasteiger partial charge in [0.2, 0.25) is 0 Å². The molecule has 1 amide bonds. The first-order valence-electron chi connectivity index (χ1n) is 5.32. The lowest BCUT2D eigenvalue weighted by atomic mass is 10.3. The number of carbonyl (C=O) groups excluding carboxylic acids is 1. The summed E-state index contributed by atoms with van der Waals surface area (Å²) >= 11 is 0. The number of carbonyl (C=O) groups is 1. The molecule has 0 aliphatic carbocycles. The van der Waals surface area contributed by atoms with E-state index < -0.39 is 6.09 Å². The van der Waals surface area contributed by atoms with Crippen molar-refractivity contribution >= 4 is 18.0 Å². The van der Waals surface area contributed by atoms with Gasteiger partial charge in [-0.1, -0.05) is 29.4 Å². The highest BCUT2D eigenvalue weighted by Crippen LogP contribution is 2.05. The number of pyridine rings is 1. The number of rotatable bonds is 3. The van der Waals surface area contributed by atoms with Crippen LogP contribution < -0.4 is 5.32 Å². The van der Waals surface area contributed by atoms with Crippen LogP contribution in [0, 0.1) is 0 Å². The van der Waals surface area contributed by atoms with E-state index in [0.29, 0.717) is 11.4 Å². The molecule has 0 atom stereocenters. The van der Waals surface area contributed by atoms with E-state index in [2.05, 4.69) is 20.3 Å². The van der Waals surface area contributed by atoms with Crippen molar-refractivity contribution in [1.29, 1.82) is 0 Å². The Balaban J connectivity index is 1.84. The summed E-state index contributed by atoms with van der Waals surface area (Å²) in [5.74, 6) is 0. The lowest BCUT2D eigenvalue weighted by Crippen LogP contribution is -2.10. The molecule has 0 radical (unpaired) electrons. The van der Waals surface area contributed by atoms with E-state index in [9.17, 15) is 4.79 Å². The van der Waals surface area contributed by atoms with Gasteiger partial charge in [-0.25, -0.2) is 4.79 Å². The summed E-state index contributed by atoms with van der Waals surface area (Å²) in [5, 5.41) is 6.07. The highest BCUT2D eigenvalue weighted by Gasteiger charge is 2.00. The van der Waals surface area contributed by atoms with Crippen LogP contribution in [0.5, 0.6) is 0 Å². The van der Waals surface area contributed by atoms with Crippen molar-refractivity contribution in [1.82, 2.24) is 4.98 Å². The average Bonchev–Trinajstić information content (AvgIpc) is 2.41. The molecule has 2 rings (SSSR count). The molecule has 0 saturated heterocycles. The number of hydrogen-bond acceptors (Lipinski definition) is 4. The van der Waals surface area contributed by atoms with E-state index in [0.717, 1.165) is 0 Å². The molecule has 0 bridgehead atoms. The second kappa shape index (κ2) is 6.15. The van der Waals surface area contributed by atoms with Crippen molar-refractivity contribution < 1.29 is 9.63 Å². The molecule has 1 aromatic carbocycles. The van der Waals surface area contributed by atoms with Crippen molar-refractivity contribution in [3.8, 4) is 0 Å². The largest absolute Gasteiger partial charge is 0.437 e. The fraction of sp³-hybridized carbons (Fsp3) is 0. The lowest BCUT2D eigenvalue weighted by molar-refractivity contribution is 0.167. The van der Waals surface area contributed by atoms with Gasteiger partial charge >= 0.3 is 6.09 Å². The zero-order chi connectivity index (χ0) is 12.6. The molecule has 0 spiro atoms. The Morgan fingerprint density at radius 3 is 2.67 bits per heavy atom. The molecule has 1 heterocycles. The number of nitrogens with zero attached hydrogens (tertiary/aromatic N) is 2. The molecule has 1 aromatic heterocycles. The molecule has 0 aliphatic rings. The summed E-state index contributed by atoms with van der Waals surface area (Å²) in [7, 11) is 0. The topological polar surface area (TPSA) is 63.6 Å². The summed E-state index contributed by atoms with van der Waals surface area (Å²) < 4.78 is 0. The number of hydrogen-bond donors (Lipinski definition) is 1. The number of nitrogens with one attached hydrogen (secondary N) is 1. The van der Waals surface area contributed by atoms with Gasteiger partial charge in [0.15, 0.2) is 0 Å². The van der Waals surface area contributed by atoms with Crippen LogP contribution in [0.15, 0.2) is 59.9 Å². The van der Waals surface area contributed by atoms with Crippen LogP contribution in [0.1, 0.15) is 5.69 Å². The van der Waals surface area contributed by atoms with Gasteiger partial charge in [0.25, 0.3) is 0 Å². The number of aromatic nitrogens is 1. The van der Waals surface area contributed by atoms with Gasteiger partial charge in [-0.2, -0.15) is 0 Å². The Labute approximate surface area is 104 Å². The third-order valence-electron chi connectivity index (χ3n) is 2.03. The van der Waals surface area contributed by atoms with E-state index in [1.165, 1.54) is 6.21 Å². The number of amides is 1. The predicted octanol–water partition coefficient (Wildman–Crippen LogP) is 2.66. The second-order valence-electron chi connectivity index (χ2n) is 3.36. The molecule has 1 N–H and O–H groups in total. The summed E-state index contributed by atoms with van der Waals surface area (Å²) in [4.78, 5) is 20.0. The Bertz CT molecular complexity index is 526. The third-order valence-corrected chi connectivity index (χ3v) is 2.03. The Hall–Kier alpha value is -2.69. The van der Waals surface area contributed by atoms with Crippen molar-refractivity contribution in [2.45, 2.75) is 0 Å². The fourth-order valence-corrected chi connectivity index (χ4v) is 1.24. The van der Waals surface area contributed by atoms with Gasteiger partial charge in [-0.15, -0.1) is 0 Å². The van der Waals surface area contributed by atoms with Crippen molar-refractivity contribution in [2.24, 2.45) is 5.16 Å².